The van der Waals surface area contributed by atoms with Crippen molar-refractivity contribution >= 4 is 34.4 Å². The van der Waals surface area contributed by atoms with Gasteiger partial charge in [0.15, 0.2) is 0 Å². The first-order chi connectivity index (χ1) is 17.8. The normalized spacial score (nSPS) is 14.4. The number of anilines is 1. The van der Waals surface area contributed by atoms with Gasteiger partial charge in [-0.05, 0) is 30.7 Å². The summed E-state index contributed by atoms with van der Waals surface area (Å²) in [6, 6.07) is 17.7. The molecule has 2 heterocycles. The standard InChI is InChI=1S/C24H30N4O3.C2H2O4/c1-31-23-9-5-4-8-22(23)28-14-12-27(13-15-28)17-19(29)10-11-25-24(30)21-16-18-6-2-3-7-20(18)26-21;3-1(4)2(5)6/h2-9,16,19,26,29H,10-15,17H2,1H3,(H,25,30);(H,3,4)(H,5,6). The number of hydrogen-bond donors (Lipinski definition) is 5. The molecular weight excluding hydrogens is 480 g/mol. The van der Waals surface area contributed by atoms with Crippen LogP contribution in [0.3, 0.4) is 0 Å². The number of aliphatic carboxylic acids is 2. The average Bonchev–Trinajstić information content (AvgIpc) is 3.34. The molecule has 1 amide bonds. The van der Waals surface area contributed by atoms with Gasteiger partial charge < -0.3 is 35.3 Å². The van der Waals surface area contributed by atoms with Gasteiger partial charge in [-0.3, -0.25) is 9.69 Å². The molecule has 1 aliphatic heterocycles. The number of nitrogens with one attached hydrogen (secondary N) is 2. The van der Waals surface area contributed by atoms with Gasteiger partial charge in [-0.2, -0.15) is 0 Å². The van der Waals surface area contributed by atoms with Crippen molar-refractivity contribution in [1.29, 1.82) is 0 Å². The fraction of sp³-hybridized carbons (Fsp3) is 0.346. The molecule has 1 atom stereocenters. The van der Waals surface area contributed by atoms with E-state index in [1.54, 1.807) is 7.11 Å². The Kier molecular flexibility index (Phi) is 9.87. The van der Waals surface area contributed by atoms with Crippen molar-refractivity contribution in [2.24, 2.45) is 0 Å². The van der Waals surface area contributed by atoms with Gasteiger partial charge in [-0.15, -0.1) is 0 Å². The summed E-state index contributed by atoms with van der Waals surface area (Å²) in [4.78, 5) is 38.3. The number of fused-ring (bicyclic) bond motifs is 1. The number of aromatic amines is 1. The predicted octanol–water partition coefficient (Wildman–Crippen LogP) is 1.64. The number of methoxy groups -OCH3 is 1. The van der Waals surface area contributed by atoms with Crippen LogP contribution in [0.25, 0.3) is 10.9 Å². The van der Waals surface area contributed by atoms with Gasteiger partial charge in [-0.25, -0.2) is 9.59 Å². The van der Waals surface area contributed by atoms with Crippen LogP contribution in [0.15, 0.2) is 54.6 Å². The Balaban J connectivity index is 0.000000568. The van der Waals surface area contributed by atoms with Gasteiger partial charge >= 0.3 is 11.9 Å². The zero-order chi connectivity index (χ0) is 26.8. The fourth-order valence-corrected chi connectivity index (χ4v) is 4.09. The van der Waals surface area contributed by atoms with Gasteiger partial charge in [0.25, 0.3) is 5.91 Å². The van der Waals surface area contributed by atoms with E-state index in [1.807, 2.05) is 48.5 Å². The van der Waals surface area contributed by atoms with Crippen LogP contribution >= 0.6 is 0 Å². The SMILES string of the molecule is COc1ccccc1N1CCN(CC(O)CCNC(=O)c2cc3ccccc3[nH]2)CC1.O=C(O)C(=O)O. The van der Waals surface area contributed by atoms with E-state index in [2.05, 4.69) is 26.2 Å². The zero-order valence-electron chi connectivity index (χ0n) is 20.6. The summed E-state index contributed by atoms with van der Waals surface area (Å²) >= 11 is 0. The van der Waals surface area contributed by atoms with Crippen molar-refractivity contribution in [1.82, 2.24) is 15.2 Å². The third kappa shape index (κ3) is 7.95. The maximum Gasteiger partial charge on any atom is 0.414 e. The molecule has 0 bridgehead atoms. The zero-order valence-corrected chi connectivity index (χ0v) is 20.6. The van der Waals surface area contributed by atoms with Crippen molar-refractivity contribution in [3.05, 3.63) is 60.3 Å². The van der Waals surface area contributed by atoms with Gasteiger partial charge in [-0.1, -0.05) is 30.3 Å². The molecule has 11 heteroatoms. The molecule has 1 aromatic heterocycles. The Morgan fingerprint density at radius 2 is 1.65 bits per heavy atom. The van der Waals surface area contributed by atoms with Gasteiger partial charge in [0.05, 0.1) is 18.9 Å². The molecule has 1 saturated heterocycles. The predicted molar refractivity (Wildman–Crippen MR) is 138 cm³/mol. The number of aliphatic hydroxyl groups is 1. The lowest BCUT2D eigenvalue weighted by Gasteiger charge is -2.37. The minimum atomic E-state index is -1.82. The number of H-pyrrole nitrogens is 1. The second-order valence-electron chi connectivity index (χ2n) is 8.54. The minimum absolute atomic E-state index is 0.145. The van der Waals surface area contributed by atoms with Crippen LogP contribution in [0, 0.1) is 0 Å². The maximum atomic E-state index is 12.4. The number of piperazine rings is 1. The van der Waals surface area contributed by atoms with E-state index in [0.717, 1.165) is 48.5 Å². The second kappa shape index (κ2) is 13.3. The fourth-order valence-electron chi connectivity index (χ4n) is 4.09. The molecule has 0 saturated carbocycles. The Morgan fingerprint density at radius 1 is 1.00 bits per heavy atom. The summed E-state index contributed by atoms with van der Waals surface area (Å²) in [6.45, 7) is 4.61. The number of ether oxygens (including phenoxy) is 1. The van der Waals surface area contributed by atoms with Crippen molar-refractivity contribution < 1.29 is 34.4 Å². The number of aliphatic hydroxyl groups excluding tert-OH is 1. The highest BCUT2D eigenvalue weighted by Crippen LogP contribution is 2.28. The number of benzene rings is 2. The van der Waals surface area contributed by atoms with Crippen LogP contribution in [0.4, 0.5) is 5.69 Å². The van der Waals surface area contributed by atoms with Crippen LogP contribution in [0.2, 0.25) is 0 Å². The Bertz CT molecular complexity index is 1160. The van der Waals surface area contributed by atoms with Gasteiger partial charge in [0, 0.05) is 50.2 Å². The Morgan fingerprint density at radius 3 is 2.30 bits per heavy atom. The number of aromatic nitrogens is 1. The van der Waals surface area contributed by atoms with E-state index in [-0.39, 0.29) is 5.91 Å². The first kappa shape index (κ1) is 27.5. The first-order valence-corrected chi connectivity index (χ1v) is 11.9. The van der Waals surface area contributed by atoms with Crippen LogP contribution in [0.5, 0.6) is 5.75 Å². The van der Waals surface area contributed by atoms with Crippen molar-refractivity contribution in [2.45, 2.75) is 12.5 Å². The molecule has 0 aliphatic carbocycles. The summed E-state index contributed by atoms with van der Waals surface area (Å²) < 4.78 is 5.47. The lowest BCUT2D eigenvalue weighted by Crippen LogP contribution is -2.49. The van der Waals surface area contributed by atoms with E-state index in [1.165, 1.54) is 0 Å². The van der Waals surface area contributed by atoms with Crippen molar-refractivity contribution in [2.75, 3.05) is 51.3 Å². The lowest BCUT2D eigenvalue weighted by atomic mass is 10.2. The van der Waals surface area contributed by atoms with E-state index in [0.29, 0.717) is 25.2 Å². The van der Waals surface area contributed by atoms with E-state index >= 15 is 0 Å². The molecule has 3 aromatic rings. The quantitative estimate of drug-likeness (QED) is 0.283. The highest BCUT2D eigenvalue weighted by molar-refractivity contribution is 6.27. The molecule has 2 aromatic carbocycles. The van der Waals surface area contributed by atoms with Crippen molar-refractivity contribution in [3.63, 3.8) is 0 Å². The molecule has 37 heavy (non-hydrogen) atoms. The number of rotatable bonds is 8. The Hall–Kier alpha value is -4.09. The summed E-state index contributed by atoms with van der Waals surface area (Å²) in [7, 11) is 1.70. The third-order valence-corrected chi connectivity index (χ3v) is 5.99. The van der Waals surface area contributed by atoms with E-state index in [9.17, 15) is 9.90 Å². The summed E-state index contributed by atoms with van der Waals surface area (Å²) in [5, 5.41) is 29.1. The highest BCUT2D eigenvalue weighted by atomic mass is 16.5. The van der Waals surface area contributed by atoms with Crippen molar-refractivity contribution in [3.8, 4) is 5.75 Å². The number of carbonyl (C=O) groups is 3. The number of para-hydroxylation sites is 3. The topological polar surface area (TPSA) is 155 Å². The van der Waals surface area contributed by atoms with Crippen LogP contribution in [0.1, 0.15) is 16.9 Å². The molecule has 0 spiro atoms. The van der Waals surface area contributed by atoms with E-state index < -0.39 is 18.0 Å². The molecule has 198 valence electrons. The highest BCUT2D eigenvalue weighted by Gasteiger charge is 2.21. The second-order valence-corrected chi connectivity index (χ2v) is 8.54. The number of amides is 1. The van der Waals surface area contributed by atoms with E-state index in [4.69, 9.17) is 24.5 Å². The summed E-state index contributed by atoms with van der Waals surface area (Å²) in [6.07, 6.45) is 0.0550. The lowest BCUT2D eigenvalue weighted by molar-refractivity contribution is -0.159. The minimum Gasteiger partial charge on any atom is -0.495 e. The molecule has 5 N–H and O–H groups in total. The monoisotopic (exact) mass is 512 g/mol. The smallest absolute Gasteiger partial charge is 0.414 e. The van der Waals surface area contributed by atoms with Crippen LogP contribution in [-0.2, 0) is 9.59 Å². The first-order valence-electron chi connectivity index (χ1n) is 11.9. The molecule has 1 aliphatic rings. The maximum absolute atomic E-state index is 12.4. The molecular formula is C26H32N4O7. The Labute approximate surface area is 214 Å². The summed E-state index contributed by atoms with van der Waals surface area (Å²) in [5.41, 5.74) is 2.60. The largest absolute Gasteiger partial charge is 0.495 e. The van der Waals surface area contributed by atoms with Gasteiger partial charge in [0.1, 0.15) is 11.4 Å². The molecule has 4 rings (SSSR count). The molecule has 11 nitrogen and oxygen atoms in total. The van der Waals surface area contributed by atoms with Crippen LogP contribution < -0.4 is 15.0 Å². The number of nitrogens with zero attached hydrogens (tertiary/aromatic N) is 2. The molecule has 0 radical (unpaired) electrons. The molecule has 1 unspecified atom stereocenters. The van der Waals surface area contributed by atoms with Gasteiger partial charge in [0.2, 0.25) is 0 Å². The third-order valence-electron chi connectivity index (χ3n) is 5.99. The number of β-amino-alcohol motifs (C(OH)–C–C–N with tert-alkyl or cyclic N) is 1. The number of carbonyl (C=O) groups excluding carboxylic acids is 1. The van der Waals surface area contributed by atoms with Crippen LogP contribution in [-0.4, -0.2) is 95.5 Å². The summed E-state index contributed by atoms with van der Waals surface area (Å²) in [5.74, 6) is -2.90. The average molecular weight is 513 g/mol. The number of carboxylic acid groups (broad SMARTS) is 2. The number of hydrogen-bond acceptors (Lipinski definition) is 7. The number of carboxylic acids is 2. The molecule has 1 fully saturated rings.